The van der Waals surface area contributed by atoms with Gasteiger partial charge in [-0.25, -0.2) is 4.98 Å². The molecule has 0 aliphatic heterocycles. The summed E-state index contributed by atoms with van der Waals surface area (Å²) in [4.78, 5) is 8.63. The van der Waals surface area contributed by atoms with Crippen molar-refractivity contribution < 1.29 is 4.74 Å². The van der Waals surface area contributed by atoms with Gasteiger partial charge in [-0.2, -0.15) is 0 Å². The first-order valence-corrected chi connectivity index (χ1v) is 6.41. The van der Waals surface area contributed by atoms with Crippen LogP contribution in [0.1, 0.15) is 38.8 Å². The molecule has 1 aromatic heterocycles. The number of nitrogens with one attached hydrogen (secondary N) is 1. The summed E-state index contributed by atoms with van der Waals surface area (Å²) < 4.78 is 5.48. The molecular formula is C13H23N3O. The van der Waals surface area contributed by atoms with Gasteiger partial charge in [0.25, 0.3) is 0 Å². The van der Waals surface area contributed by atoms with Gasteiger partial charge in [-0.15, -0.1) is 0 Å². The maximum absolute atomic E-state index is 5.48. The standard InChI is InChI=1S/C13H23N3O/c1-4-6-11(14-3)8-12-9-15-10-13(16-12)17-7-5-2/h9-11,14H,4-8H2,1-3H3. The van der Waals surface area contributed by atoms with E-state index in [2.05, 4.69) is 29.1 Å². The first-order valence-electron chi connectivity index (χ1n) is 6.41. The minimum atomic E-state index is 0.468. The minimum Gasteiger partial charge on any atom is -0.477 e. The molecule has 1 heterocycles. The zero-order chi connectivity index (χ0) is 12.5. The van der Waals surface area contributed by atoms with Crippen molar-refractivity contribution in [2.45, 2.75) is 45.6 Å². The fourth-order valence-corrected chi connectivity index (χ4v) is 1.71. The highest BCUT2D eigenvalue weighted by Gasteiger charge is 2.08. The molecule has 0 aromatic carbocycles. The normalized spacial score (nSPS) is 12.4. The largest absolute Gasteiger partial charge is 0.477 e. The first-order chi connectivity index (χ1) is 8.30. The van der Waals surface area contributed by atoms with Crippen molar-refractivity contribution >= 4 is 0 Å². The van der Waals surface area contributed by atoms with Gasteiger partial charge in [0.1, 0.15) is 0 Å². The van der Waals surface area contributed by atoms with Gasteiger partial charge in [0, 0.05) is 18.7 Å². The van der Waals surface area contributed by atoms with Crippen molar-refractivity contribution in [1.29, 1.82) is 0 Å². The lowest BCUT2D eigenvalue weighted by Gasteiger charge is -2.14. The molecule has 0 bridgehead atoms. The van der Waals surface area contributed by atoms with Crippen LogP contribution in [0.5, 0.6) is 5.88 Å². The van der Waals surface area contributed by atoms with Crippen LogP contribution in [0.4, 0.5) is 0 Å². The molecule has 0 saturated carbocycles. The number of nitrogens with zero attached hydrogens (tertiary/aromatic N) is 2. The average molecular weight is 237 g/mol. The molecule has 0 amide bonds. The van der Waals surface area contributed by atoms with Gasteiger partial charge < -0.3 is 10.1 Å². The number of hydrogen-bond donors (Lipinski definition) is 1. The van der Waals surface area contributed by atoms with Gasteiger partial charge in [0.05, 0.1) is 18.5 Å². The quantitative estimate of drug-likeness (QED) is 0.753. The second-order valence-corrected chi connectivity index (χ2v) is 4.18. The topological polar surface area (TPSA) is 47.0 Å². The van der Waals surface area contributed by atoms with Crippen LogP contribution in [0, 0.1) is 0 Å². The summed E-state index contributed by atoms with van der Waals surface area (Å²) in [6, 6.07) is 0.468. The number of likely N-dealkylation sites (N-methyl/N-ethyl adjacent to an activating group) is 1. The van der Waals surface area contributed by atoms with Crippen molar-refractivity contribution in [2.75, 3.05) is 13.7 Å². The average Bonchev–Trinajstić information content (AvgIpc) is 2.36. The molecule has 0 aliphatic carbocycles. The van der Waals surface area contributed by atoms with Crippen molar-refractivity contribution in [3.63, 3.8) is 0 Å². The van der Waals surface area contributed by atoms with E-state index in [1.807, 2.05) is 13.2 Å². The monoisotopic (exact) mass is 237 g/mol. The van der Waals surface area contributed by atoms with Gasteiger partial charge in [0.15, 0.2) is 0 Å². The molecule has 17 heavy (non-hydrogen) atoms. The van der Waals surface area contributed by atoms with E-state index < -0.39 is 0 Å². The lowest BCUT2D eigenvalue weighted by molar-refractivity contribution is 0.302. The summed E-state index contributed by atoms with van der Waals surface area (Å²) in [6.07, 6.45) is 7.71. The maximum Gasteiger partial charge on any atom is 0.232 e. The summed E-state index contributed by atoms with van der Waals surface area (Å²) in [7, 11) is 1.99. The van der Waals surface area contributed by atoms with Gasteiger partial charge in [0.2, 0.25) is 5.88 Å². The Morgan fingerprint density at radius 1 is 1.29 bits per heavy atom. The zero-order valence-electron chi connectivity index (χ0n) is 11.1. The van der Waals surface area contributed by atoms with Crippen molar-refractivity contribution in [3.8, 4) is 5.88 Å². The van der Waals surface area contributed by atoms with Gasteiger partial charge >= 0.3 is 0 Å². The maximum atomic E-state index is 5.48. The third-order valence-corrected chi connectivity index (χ3v) is 2.62. The Hall–Kier alpha value is -1.16. The molecule has 1 atom stereocenters. The van der Waals surface area contributed by atoms with E-state index in [1.54, 1.807) is 6.20 Å². The van der Waals surface area contributed by atoms with Crippen LogP contribution in [0.3, 0.4) is 0 Å². The summed E-state index contributed by atoms with van der Waals surface area (Å²) in [5.41, 5.74) is 0.992. The zero-order valence-corrected chi connectivity index (χ0v) is 11.1. The highest BCUT2D eigenvalue weighted by molar-refractivity contribution is 5.09. The Morgan fingerprint density at radius 2 is 2.12 bits per heavy atom. The molecule has 1 unspecified atom stereocenters. The molecule has 0 spiro atoms. The predicted molar refractivity (Wildman–Crippen MR) is 69.3 cm³/mol. The van der Waals surface area contributed by atoms with Crippen LogP contribution in [-0.2, 0) is 6.42 Å². The van der Waals surface area contributed by atoms with E-state index >= 15 is 0 Å². The molecule has 0 aliphatic rings. The van der Waals surface area contributed by atoms with E-state index in [4.69, 9.17) is 4.74 Å². The second-order valence-electron chi connectivity index (χ2n) is 4.18. The van der Waals surface area contributed by atoms with Gasteiger partial charge in [-0.3, -0.25) is 4.98 Å². The van der Waals surface area contributed by atoms with Crippen LogP contribution >= 0.6 is 0 Å². The predicted octanol–water partition coefficient (Wildman–Crippen LogP) is 2.20. The minimum absolute atomic E-state index is 0.468. The number of ether oxygens (including phenoxy) is 1. The SMILES string of the molecule is CCCOc1cncc(CC(CCC)NC)n1. The van der Waals surface area contributed by atoms with Crippen LogP contribution in [-0.4, -0.2) is 29.7 Å². The first kappa shape index (κ1) is 13.9. The summed E-state index contributed by atoms with van der Waals surface area (Å²) in [5, 5.41) is 3.31. The van der Waals surface area contributed by atoms with E-state index in [0.29, 0.717) is 18.5 Å². The Labute approximate surface area is 104 Å². The Bertz CT molecular complexity index is 317. The van der Waals surface area contributed by atoms with Crippen LogP contribution in [0.2, 0.25) is 0 Å². The van der Waals surface area contributed by atoms with Crippen molar-refractivity contribution in [3.05, 3.63) is 18.1 Å². The smallest absolute Gasteiger partial charge is 0.232 e. The van der Waals surface area contributed by atoms with Gasteiger partial charge in [-0.05, 0) is 19.9 Å². The number of hydrogen-bond acceptors (Lipinski definition) is 4. The molecule has 4 nitrogen and oxygen atoms in total. The third-order valence-electron chi connectivity index (χ3n) is 2.62. The van der Waals surface area contributed by atoms with E-state index in [0.717, 1.165) is 25.0 Å². The van der Waals surface area contributed by atoms with Gasteiger partial charge in [-0.1, -0.05) is 20.3 Å². The lowest BCUT2D eigenvalue weighted by Crippen LogP contribution is -2.27. The van der Waals surface area contributed by atoms with E-state index in [9.17, 15) is 0 Å². The highest BCUT2D eigenvalue weighted by Crippen LogP contribution is 2.09. The molecule has 0 saturated heterocycles. The molecule has 0 radical (unpaired) electrons. The molecule has 1 N–H and O–H groups in total. The van der Waals surface area contributed by atoms with E-state index in [-0.39, 0.29) is 0 Å². The number of rotatable bonds is 8. The van der Waals surface area contributed by atoms with E-state index in [1.165, 1.54) is 6.42 Å². The fraction of sp³-hybridized carbons (Fsp3) is 0.692. The Kier molecular flexibility index (Phi) is 6.55. The number of aromatic nitrogens is 2. The van der Waals surface area contributed by atoms with Crippen LogP contribution < -0.4 is 10.1 Å². The van der Waals surface area contributed by atoms with Crippen LogP contribution in [0.15, 0.2) is 12.4 Å². The molecule has 1 rings (SSSR count). The summed E-state index contributed by atoms with van der Waals surface area (Å²) in [6.45, 7) is 4.97. The highest BCUT2D eigenvalue weighted by atomic mass is 16.5. The molecule has 4 heteroatoms. The molecular weight excluding hydrogens is 214 g/mol. The molecule has 96 valence electrons. The van der Waals surface area contributed by atoms with Crippen molar-refractivity contribution in [1.82, 2.24) is 15.3 Å². The van der Waals surface area contributed by atoms with Crippen molar-refractivity contribution in [2.24, 2.45) is 0 Å². The Morgan fingerprint density at radius 3 is 2.76 bits per heavy atom. The summed E-state index contributed by atoms with van der Waals surface area (Å²) in [5.74, 6) is 0.635. The molecule has 0 fully saturated rings. The second kappa shape index (κ2) is 8.01. The summed E-state index contributed by atoms with van der Waals surface area (Å²) >= 11 is 0. The molecule has 1 aromatic rings. The van der Waals surface area contributed by atoms with Crippen LogP contribution in [0.25, 0.3) is 0 Å². The Balaban J connectivity index is 2.57. The third kappa shape index (κ3) is 5.13. The lowest BCUT2D eigenvalue weighted by atomic mass is 10.1. The fourth-order valence-electron chi connectivity index (χ4n) is 1.71.